The van der Waals surface area contributed by atoms with E-state index in [1.54, 1.807) is 24.3 Å². The number of aliphatic hydroxyl groups excluding tert-OH is 1. The predicted molar refractivity (Wildman–Crippen MR) is 72.2 cm³/mol. The zero-order valence-corrected chi connectivity index (χ0v) is 11.6. The summed E-state index contributed by atoms with van der Waals surface area (Å²) in [6.07, 6.45) is -0.771. The van der Waals surface area contributed by atoms with Gasteiger partial charge in [0.05, 0.1) is 13.2 Å². The van der Waals surface area contributed by atoms with E-state index in [1.165, 1.54) is 7.11 Å². The van der Waals surface area contributed by atoms with E-state index in [2.05, 4.69) is 0 Å². The van der Waals surface area contributed by atoms with Crippen molar-refractivity contribution in [2.45, 2.75) is 18.6 Å². The van der Waals surface area contributed by atoms with Crippen LogP contribution in [0.15, 0.2) is 24.3 Å². The van der Waals surface area contributed by atoms with Gasteiger partial charge in [-0.25, -0.2) is 4.79 Å². The lowest BCUT2D eigenvalue weighted by atomic mass is 10.2. The topological polar surface area (TPSA) is 96.3 Å². The molecule has 114 valence electrons. The van der Waals surface area contributed by atoms with Gasteiger partial charge in [-0.05, 0) is 12.1 Å². The average molecular weight is 295 g/mol. The second-order valence-electron chi connectivity index (χ2n) is 4.76. The summed E-state index contributed by atoms with van der Waals surface area (Å²) in [5.74, 6) is -0.544. The van der Waals surface area contributed by atoms with Crippen LogP contribution in [0.4, 0.5) is 0 Å². The molecule has 0 saturated carbocycles. The van der Waals surface area contributed by atoms with E-state index in [-0.39, 0.29) is 19.6 Å². The van der Waals surface area contributed by atoms with Crippen molar-refractivity contribution in [3.8, 4) is 11.5 Å². The first-order chi connectivity index (χ1) is 10.0. The van der Waals surface area contributed by atoms with Crippen molar-refractivity contribution in [3.63, 3.8) is 0 Å². The van der Waals surface area contributed by atoms with Crippen molar-refractivity contribution < 1.29 is 29.3 Å². The molecule has 1 aliphatic rings. The number of nitrogens with zero attached hydrogens (tertiary/aromatic N) is 1. The first-order valence-corrected chi connectivity index (χ1v) is 6.48. The molecule has 1 aromatic rings. The highest BCUT2D eigenvalue weighted by Gasteiger charge is 2.38. The first kappa shape index (κ1) is 15.1. The monoisotopic (exact) mass is 295 g/mol. The summed E-state index contributed by atoms with van der Waals surface area (Å²) >= 11 is 0. The number of aliphatic carboxylic acids is 1. The molecule has 0 bridgehead atoms. The van der Waals surface area contributed by atoms with Crippen molar-refractivity contribution in [1.82, 2.24) is 4.90 Å². The summed E-state index contributed by atoms with van der Waals surface area (Å²) in [5, 5.41) is 18.5. The van der Waals surface area contributed by atoms with E-state index in [4.69, 9.17) is 14.6 Å². The number of amides is 1. The molecule has 1 saturated heterocycles. The van der Waals surface area contributed by atoms with E-state index >= 15 is 0 Å². The Hall–Kier alpha value is -2.28. The van der Waals surface area contributed by atoms with Crippen molar-refractivity contribution >= 4 is 11.9 Å². The number of β-amino-alcohol motifs (C(OH)–C–C–N with tert-alkyl or cyclic N) is 1. The lowest BCUT2D eigenvalue weighted by Crippen LogP contribution is -2.42. The molecular formula is C14H17NO6. The molecule has 7 nitrogen and oxygen atoms in total. The molecular weight excluding hydrogens is 278 g/mol. The summed E-state index contributed by atoms with van der Waals surface area (Å²) < 4.78 is 10.4. The van der Waals surface area contributed by atoms with Crippen LogP contribution in [0.3, 0.4) is 0 Å². The predicted octanol–water partition coefficient (Wildman–Crippen LogP) is 0.120. The summed E-state index contributed by atoms with van der Waals surface area (Å²) in [6.45, 7) is -0.277. The average Bonchev–Trinajstić information content (AvgIpc) is 2.87. The number of carboxylic acids is 1. The molecule has 0 radical (unpaired) electrons. The zero-order chi connectivity index (χ0) is 15.4. The number of rotatable bonds is 5. The van der Waals surface area contributed by atoms with Crippen molar-refractivity contribution in [1.29, 1.82) is 0 Å². The van der Waals surface area contributed by atoms with Gasteiger partial charge < -0.3 is 24.6 Å². The standard InChI is InChI=1S/C14H17NO6/c1-20-10-3-2-4-11(6-10)21-8-13(17)15-7-9(16)5-12(15)14(18)19/h2-4,6,9,12,16H,5,7-8H2,1H3,(H,18,19). The Morgan fingerprint density at radius 2 is 2.10 bits per heavy atom. The normalized spacial score (nSPS) is 21.1. The molecule has 2 rings (SSSR count). The molecule has 7 heteroatoms. The number of carboxylic acid groups (broad SMARTS) is 1. The van der Waals surface area contributed by atoms with Crippen molar-refractivity contribution in [2.75, 3.05) is 20.3 Å². The van der Waals surface area contributed by atoms with E-state index in [1.807, 2.05) is 0 Å². The van der Waals surface area contributed by atoms with E-state index < -0.39 is 24.0 Å². The fraction of sp³-hybridized carbons (Fsp3) is 0.429. The third-order valence-corrected chi connectivity index (χ3v) is 3.29. The number of likely N-dealkylation sites (tertiary alicyclic amines) is 1. The van der Waals surface area contributed by atoms with Gasteiger partial charge >= 0.3 is 5.97 Å². The van der Waals surface area contributed by atoms with Gasteiger partial charge in [0.2, 0.25) is 0 Å². The second-order valence-corrected chi connectivity index (χ2v) is 4.76. The van der Waals surface area contributed by atoms with Crippen LogP contribution in [0.1, 0.15) is 6.42 Å². The SMILES string of the molecule is COc1cccc(OCC(=O)N2CC(O)CC2C(=O)O)c1. The number of aliphatic hydroxyl groups is 1. The highest BCUT2D eigenvalue weighted by molar-refractivity contribution is 5.85. The van der Waals surface area contributed by atoms with Gasteiger partial charge in [-0.2, -0.15) is 0 Å². The molecule has 1 heterocycles. The molecule has 2 atom stereocenters. The molecule has 1 aromatic carbocycles. The Morgan fingerprint density at radius 3 is 2.76 bits per heavy atom. The van der Waals surface area contributed by atoms with Crippen LogP contribution in [0.5, 0.6) is 11.5 Å². The van der Waals surface area contributed by atoms with Crippen LogP contribution >= 0.6 is 0 Å². The molecule has 21 heavy (non-hydrogen) atoms. The fourth-order valence-electron chi connectivity index (χ4n) is 2.24. The number of hydrogen-bond acceptors (Lipinski definition) is 5. The van der Waals surface area contributed by atoms with Gasteiger partial charge in [0.15, 0.2) is 6.61 Å². The van der Waals surface area contributed by atoms with Crippen LogP contribution in [0.2, 0.25) is 0 Å². The molecule has 1 aliphatic heterocycles. The molecule has 1 amide bonds. The first-order valence-electron chi connectivity index (χ1n) is 6.48. The van der Waals surface area contributed by atoms with Gasteiger partial charge in [-0.15, -0.1) is 0 Å². The highest BCUT2D eigenvalue weighted by Crippen LogP contribution is 2.21. The Kier molecular flexibility index (Phi) is 4.64. The Labute approximate surface area is 121 Å². The van der Waals surface area contributed by atoms with Gasteiger partial charge in [0.1, 0.15) is 17.5 Å². The van der Waals surface area contributed by atoms with Crippen LogP contribution in [-0.2, 0) is 9.59 Å². The molecule has 2 N–H and O–H groups in total. The lowest BCUT2D eigenvalue weighted by molar-refractivity contribution is -0.148. The molecule has 0 spiro atoms. The molecule has 0 aliphatic carbocycles. The van der Waals surface area contributed by atoms with Crippen molar-refractivity contribution in [2.24, 2.45) is 0 Å². The third kappa shape index (κ3) is 3.63. The van der Waals surface area contributed by atoms with Gasteiger partial charge in [-0.1, -0.05) is 6.07 Å². The maximum Gasteiger partial charge on any atom is 0.326 e. The molecule has 0 aromatic heterocycles. The van der Waals surface area contributed by atoms with E-state index in [0.29, 0.717) is 11.5 Å². The van der Waals surface area contributed by atoms with Crippen molar-refractivity contribution in [3.05, 3.63) is 24.3 Å². The number of ether oxygens (including phenoxy) is 2. The maximum atomic E-state index is 12.0. The quantitative estimate of drug-likeness (QED) is 0.801. The fourth-order valence-corrected chi connectivity index (χ4v) is 2.24. The number of methoxy groups -OCH3 is 1. The minimum absolute atomic E-state index is 0.0112. The van der Waals surface area contributed by atoms with E-state index in [0.717, 1.165) is 4.90 Å². The minimum Gasteiger partial charge on any atom is -0.497 e. The molecule has 2 unspecified atom stereocenters. The Balaban J connectivity index is 1.96. The Bertz CT molecular complexity index is 532. The van der Waals surface area contributed by atoms with Gasteiger partial charge in [0.25, 0.3) is 5.91 Å². The number of carbonyl (C=O) groups is 2. The minimum atomic E-state index is -1.12. The Morgan fingerprint density at radius 1 is 1.38 bits per heavy atom. The number of carbonyl (C=O) groups excluding carboxylic acids is 1. The summed E-state index contributed by atoms with van der Waals surface area (Å²) in [4.78, 5) is 24.2. The largest absolute Gasteiger partial charge is 0.497 e. The molecule has 1 fully saturated rings. The van der Waals surface area contributed by atoms with Gasteiger partial charge in [0, 0.05) is 19.0 Å². The zero-order valence-electron chi connectivity index (χ0n) is 11.6. The number of hydrogen-bond donors (Lipinski definition) is 2. The van der Waals surface area contributed by atoms with Crippen LogP contribution in [0.25, 0.3) is 0 Å². The van der Waals surface area contributed by atoms with E-state index in [9.17, 15) is 14.7 Å². The lowest BCUT2D eigenvalue weighted by Gasteiger charge is -2.21. The smallest absolute Gasteiger partial charge is 0.326 e. The maximum absolute atomic E-state index is 12.0. The van der Waals surface area contributed by atoms with Gasteiger partial charge in [-0.3, -0.25) is 4.79 Å². The summed E-state index contributed by atoms with van der Waals surface area (Å²) in [7, 11) is 1.52. The third-order valence-electron chi connectivity index (χ3n) is 3.29. The van der Waals surface area contributed by atoms with Crippen LogP contribution < -0.4 is 9.47 Å². The number of benzene rings is 1. The summed E-state index contributed by atoms with van der Waals surface area (Å²) in [6, 6.07) is 5.76. The second kappa shape index (κ2) is 6.45. The van der Waals surface area contributed by atoms with Crippen LogP contribution in [-0.4, -0.2) is 59.4 Å². The highest BCUT2D eigenvalue weighted by atomic mass is 16.5. The summed E-state index contributed by atoms with van der Waals surface area (Å²) in [5.41, 5.74) is 0. The van der Waals surface area contributed by atoms with Crippen LogP contribution in [0, 0.1) is 0 Å².